The fourth-order valence-electron chi connectivity index (χ4n) is 3.26. The average molecular weight is 438 g/mol. The highest BCUT2D eigenvalue weighted by molar-refractivity contribution is 7.89. The zero-order valence-corrected chi connectivity index (χ0v) is 18.6. The number of carbonyl (C=O) groups is 3. The van der Waals surface area contributed by atoms with Gasteiger partial charge in [0.2, 0.25) is 21.8 Å². The maximum atomic E-state index is 12.8. The lowest BCUT2D eigenvalue weighted by atomic mass is 9.97. The Morgan fingerprint density at radius 3 is 2.27 bits per heavy atom. The second-order valence-electron chi connectivity index (χ2n) is 7.68. The molecular formula is C21H31N3O5S. The molecule has 9 heteroatoms. The summed E-state index contributed by atoms with van der Waals surface area (Å²) >= 11 is 0. The lowest BCUT2D eigenvalue weighted by Gasteiger charge is -2.30. The number of benzene rings is 1. The first-order valence-corrected chi connectivity index (χ1v) is 11.8. The molecule has 0 aliphatic carbocycles. The lowest BCUT2D eigenvalue weighted by molar-refractivity contribution is -0.126. The van der Waals surface area contributed by atoms with Crippen molar-refractivity contribution in [1.82, 2.24) is 14.9 Å². The largest absolute Gasteiger partial charge is 0.355 e. The van der Waals surface area contributed by atoms with Crippen LogP contribution in [0.15, 0.2) is 29.2 Å². The first-order chi connectivity index (χ1) is 14.1. The van der Waals surface area contributed by atoms with Crippen LogP contribution in [0.25, 0.3) is 0 Å². The molecule has 1 aromatic carbocycles. The summed E-state index contributed by atoms with van der Waals surface area (Å²) in [5.74, 6) is -0.632. The molecule has 0 radical (unpaired) electrons. The highest BCUT2D eigenvalue weighted by atomic mass is 32.2. The van der Waals surface area contributed by atoms with Crippen molar-refractivity contribution < 1.29 is 22.8 Å². The van der Waals surface area contributed by atoms with Crippen LogP contribution in [-0.2, 0) is 19.6 Å². The van der Waals surface area contributed by atoms with Gasteiger partial charge in [0.1, 0.15) is 0 Å². The summed E-state index contributed by atoms with van der Waals surface area (Å²) in [4.78, 5) is 35.6. The van der Waals surface area contributed by atoms with E-state index in [1.165, 1.54) is 35.5 Å². The third-order valence-corrected chi connectivity index (χ3v) is 7.31. The summed E-state index contributed by atoms with van der Waals surface area (Å²) in [5, 5.41) is 5.63. The Morgan fingerprint density at radius 2 is 1.73 bits per heavy atom. The van der Waals surface area contributed by atoms with E-state index in [1.807, 2.05) is 13.8 Å². The maximum Gasteiger partial charge on any atom is 0.243 e. The third kappa shape index (κ3) is 6.37. The Morgan fingerprint density at radius 1 is 1.13 bits per heavy atom. The smallest absolute Gasteiger partial charge is 0.243 e. The molecule has 0 saturated carbocycles. The predicted molar refractivity (Wildman–Crippen MR) is 113 cm³/mol. The molecule has 2 amide bonds. The number of sulfonamides is 1. The van der Waals surface area contributed by atoms with Gasteiger partial charge in [-0.15, -0.1) is 0 Å². The third-order valence-electron chi connectivity index (χ3n) is 5.39. The van der Waals surface area contributed by atoms with E-state index in [9.17, 15) is 22.8 Å². The van der Waals surface area contributed by atoms with E-state index in [0.717, 1.165) is 6.42 Å². The normalized spacial score (nSPS) is 16.6. The molecule has 1 fully saturated rings. The number of piperidine rings is 1. The van der Waals surface area contributed by atoms with Gasteiger partial charge in [-0.05, 0) is 45.2 Å². The first-order valence-electron chi connectivity index (χ1n) is 10.3. The number of amides is 2. The molecule has 2 rings (SSSR count). The van der Waals surface area contributed by atoms with Crippen molar-refractivity contribution in [2.45, 2.75) is 57.4 Å². The molecular weight excluding hydrogens is 406 g/mol. The summed E-state index contributed by atoms with van der Waals surface area (Å²) in [6, 6.07) is 6.00. The van der Waals surface area contributed by atoms with Gasteiger partial charge in [-0.1, -0.05) is 19.1 Å². The van der Waals surface area contributed by atoms with Gasteiger partial charge in [0.25, 0.3) is 0 Å². The van der Waals surface area contributed by atoms with Gasteiger partial charge in [0.05, 0.1) is 4.90 Å². The Kier molecular flexibility index (Phi) is 8.54. The molecule has 2 N–H and O–H groups in total. The van der Waals surface area contributed by atoms with Gasteiger partial charge >= 0.3 is 0 Å². The number of hydrogen-bond donors (Lipinski definition) is 2. The van der Waals surface area contributed by atoms with E-state index in [1.54, 1.807) is 0 Å². The minimum atomic E-state index is -3.66. The number of Topliss-reactive ketones (excluding diaryl/α,β-unsaturated/α-hetero) is 1. The summed E-state index contributed by atoms with van der Waals surface area (Å²) in [5.41, 5.74) is 0.460. The average Bonchev–Trinajstić information content (AvgIpc) is 2.73. The quantitative estimate of drug-likeness (QED) is 0.571. The van der Waals surface area contributed by atoms with E-state index in [2.05, 4.69) is 10.6 Å². The summed E-state index contributed by atoms with van der Waals surface area (Å²) in [6.07, 6.45) is 1.92. The van der Waals surface area contributed by atoms with Crippen LogP contribution in [0.2, 0.25) is 0 Å². The SMILES string of the molecule is CCC(C)NC(=O)CCNC(=O)C1CCN(S(=O)(=O)c2ccc(C(C)=O)cc2)CC1. The topological polar surface area (TPSA) is 113 Å². The zero-order chi connectivity index (χ0) is 22.3. The van der Waals surface area contributed by atoms with Crippen LogP contribution in [0, 0.1) is 5.92 Å². The van der Waals surface area contributed by atoms with Crippen LogP contribution in [0.1, 0.15) is 56.8 Å². The molecule has 0 spiro atoms. The first kappa shape index (κ1) is 24.0. The van der Waals surface area contributed by atoms with Gasteiger partial charge in [0.15, 0.2) is 5.78 Å². The number of ketones is 1. The monoisotopic (exact) mass is 437 g/mol. The maximum absolute atomic E-state index is 12.8. The van der Waals surface area contributed by atoms with E-state index in [0.29, 0.717) is 18.4 Å². The standard InChI is InChI=1S/C21H31N3O5S/c1-4-15(2)23-20(26)9-12-22-21(27)18-10-13-24(14-11-18)30(28,29)19-7-5-17(6-8-19)16(3)25/h5-8,15,18H,4,9-14H2,1-3H3,(H,22,27)(H,23,26). The van der Waals surface area contributed by atoms with E-state index >= 15 is 0 Å². The summed E-state index contributed by atoms with van der Waals surface area (Å²) < 4.78 is 27.0. The van der Waals surface area contributed by atoms with Crippen molar-refractivity contribution in [3.63, 3.8) is 0 Å². The van der Waals surface area contributed by atoms with Crippen molar-refractivity contribution in [3.8, 4) is 0 Å². The van der Waals surface area contributed by atoms with Crippen LogP contribution < -0.4 is 10.6 Å². The second kappa shape index (κ2) is 10.7. The molecule has 1 aromatic rings. The molecule has 1 saturated heterocycles. The number of hydrogen-bond acceptors (Lipinski definition) is 5. The Labute approximate surface area is 178 Å². The van der Waals surface area contributed by atoms with Crippen molar-refractivity contribution >= 4 is 27.6 Å². The van der Waals surface area contributed by atoms with Crippen molar-refractivity contribution in [1.29, 1.82) is 0 Å². The fraction of sp³-hybridized carbons (Fsp3) is 0.571. The minimum Gasteiger partial charge on any atom is -0.355 e. The molecule has 0 bridgehead atoms. The van der Waals surface area contributed by atoms with Gasteiger partial charge in [0, 0.05) is 43.6 Å². The number of rotatable bonds is 9. The van der Waals surface area contributed by atoms with Crippen molar-refractivity contribution in [2.75, 3.05) is 19.6 Å². The van der Waals surface area contributed by atoms with Crippen LogP contribution in [0.3, 0.4) is 0 Å². The van der Waals surface area contributed by atoms with Crippen LogP contribution >= 0.6 is 0 Å². The molecule has 8 nitrogen and oxygen atoms in total. The summed E-state index contributed by atoms with van der Waals surface area (Å²) in [6.45, 7) is 6.11. The molecule has 1 heterocycles. The molecule has 1 atom stereocenters. The van der Waals surface area contributed by atoms with Crippen molar-refractivity contribution in [2.24, 2.45) is 5.92 Å². The second-order valence-corrected chi connectivity index (χ2v) is 9.61. The van der Waals surface area contributed by atoms with Crippen LogP contribution in [-0.4, -0.2) is 56.0 Å². The highest BCUT2D eigenvalue weighted by Crippen LogP contribution is 2.24. The van der Waals surface area contributed by atoms with E-state index in [-0.39, 0.29) is 60.5 Å². The van der Waals surface area contributed by atoms with E-state index < -0.39 is 10.0 Å². The van der Waals surface area contributed by atoms with Crippen LogP contribution in [0.5, 0.6) is 0 Å². The Hall–Kier alpha value is -2.26. The van der Waals surface area contributed by atoms with Crippen molar-refractivity contribution in [3.05, 3.63) is 29.8 Å². The molecule has 0 aromatic heterocycles. The molecule has 1 aliphatic rings. The molecule has 30 heavy (non-hydrogen) atoms. The Bertz CT molecular complexity index is 859. The van der Waals surface area contributed by atoms with Gasteiger partial charge in [-0.2, -0.15) is 4.31 Å². The fourth-order valence-corrected chi connectivity index (χ4v) is 4.73. The number of nitrogens with one attached hydrogen (secondary N) is 2. The number of nitrogens with zero attached hydrogens (tertiary/aromatic N) is 1. The molecule has 166 valence electrons. The Balaban J connectivity index is 1.82. The highest BCUT2D eigenvalue weighted by Gasteiger charge is 2.32. The lowest BCUT2D eigenvalue weighted by Crippen LogP contribution is -2.43. The number of carbonyl (C=O) groups excluding carboxylic acids is 3. The molecule has 1 unspecified atom stereocenters. The van der Waals surface area contributed by atoms with E-state index in [4.69, 9.17) is 0 Å². The van der Waals surface area contributed by atoms with Gasteiger partial charge in [-0.3, -0.25) is 14.4 Å². The van der Waals surface area contributed by atoms with Crippen LogP contribution in [0.4, 0.5) is 0 Å². The summed E-state index contributed by atoms with van der Waals surface area (Å²) in [7, 11) is -3.66. The molecule has 1 aliphatic heterocycles. The van der Waals surface area contributed by atoms with Gasteiger partial charge < -0.3 is 10.6 Å². The zero-order valence-electron chi connectivity index (χ0n) is 17.8. The van der Waals surface area contributed by atoms with Gasteiger partial charge in [-0.25, -0.2) is 8.42 Å². The minimum absolute atomic E-state index is 0.0960. The predicted octanol–water partition coefficient (Wildman–Crippen LogP) is 1.71.